The molecule has 0 saturated carbocycles. The lowest BCUT2D eigenvalue weighted by molar-refractivity contribution is -0.141. The van der Waals surface area contributed by atoms with Crippen molar-refractivity contribution in [3.63, 3.8) is 0 Å². The summed E-state index contributed by atoms with van der Waals surface area (Å²) in [6.07, 6.45) is 1.22. The number of benzene rings is 3. The first-order valence-corrected chi connectivity index (χ1v) is 12.6. The molecule has 0 aliphatic heterocycles. The van der Waals surface area contributed by atoms with E-state index in [0.29, 0.717) is 24.4 Å². The first-order chi connectivity index (χ1) is 16.3. The highest BCUT2D eigenvalue weighted by atomic mass is 79.9. The molecule has 0 aromatic heterocycles. The standard InChI is InChI=1S/C28H30BrClN2O2/c1-20(2)31-28(34)26(18-21-8-4-3-5-9-21)32(19-22-12-15-24(29)16-13-22)27(33)17-14-23-10-6-7-11-25(23)30/h3-13,15-16,20,26H,14,17-19H2,1-2H3,(H,31,34)/t26-/m1/s1. The fraction of sp³-hybridized carbons (Fsp3) is 0.286. The van der Waals surface area contributed by atoms with E-state index in [0.717, 1.165) is 21.2 Å². The lowest BCUT2D eigenvalue weighted by atomic mass is 10.0. The van der Waals surface area contributed by atoms with E-state index in [-0.39, 0.29) is 24.3 Å². The number of carbonyl (C=O) groups excluding carboxylic acids is 2. The normalized spacial score (nSPS) is 11.8. The second-order valence-electron chi connectivity index (χ2n) is 8.61. The van der Waals surface area contributed by atoms with Crippen LogP contribution >= 0.6 is 27.5 Å². The third kappa shape index (κ3) is 7.71. The Morgan fingerprint density at radius 1 is 0.912 bits per heavy atom. The van der Waals surface area contributed by atoms with Crippen LogP contribution in [-0.2, 0) is 29.0 Å². The Labute approximate surface area is 215 Å². The summed E-state index contributed by atoms with van der Waals surface area (Å²) in [7, 11) is 0. The number of hydrogen-bond acceptors (Lipinski definition) is 2. The van der Waals surface area contributed by atoms with E-state index in [1.165, 1.54) is 0 Å². The van der Waals surface area contributed by atoms with Gasteiger partial charge < -0.3 is 10.2 Å². The summed E-state index contributed by atoms with van der Waals surface area (Å²) < 4.78 is 0.964. The Morgan fingerprint density at radius 2 is 1.56 bits per heavy atom. The fourth-order valence-electron chi connectivity index (χ4n) is 3.81. The Bertz CT molecular complexity index is 1090. The first-order valence-electron chi connectivity index (χ1n) is 11.4. The summed E-state index contributed by atoms with van der Waals surface area (Å²) in [5.41, 5.74) is 2.89. The summed E-state index contributed by atoms with van der Waals surface area (Å²) in [6.45, 7) is 4.20. The number of rotatable bonds is 10. The second-order valence-corrected chi connectivity index (χ2v) is 9.93. The van der Waals surface area contributed by atoms with Crippen LogP contribution in [0.25, 0.3) is 0 Å². The Hall–Kier alpha value is -2.63. The van der Waals surface area contributed by atoms with Gasteiger partial charge in [-0.2, -0.15) is 0 Å². The van der Waals surface area contributed by atoms with E-state index in [2.05, 4.69) is 21.2 Å². The molecule has 3 aromatic carbocycles. The van der Waals surface area contributed by atoms with Gasteiger partial charge in [-0.3, -0.25) is 9.59 Å². The lowest BCUT2D eigenvalue weighted by Gasteiger charge is -2.32. The van der Waals surface area contributed by atoms with Gasteiger partial charge in [-0.05, 0) is 55.2 Å². The SMILES string of the molecule is CC(C)NC(=O)[C@@H](Cc1ccccc1)N(Cc1ccc(Br)cc1)C(=O)CCc1ccccc1Cl. The van der Waals surface area contributed by atoms with Gasteiger partial charge in [-0.25, -0.2) is 0 Å². The van der Waals surface area contributed by atoms with Crippen molar-refractivity contribution in [1.29, 1.82) is 0 Å². The molecule has 0 unspecified atom stereocenters. The summed E-state index contributed by atoms with van der Waals surface area (Å²) in [4.78, 5) is 28.7. The minimum Gasteiger partial charge on any atom is -0.352 e. The van der Waals surface area contributed by atoms with E-state index in [1.54, 1.807) is 4.90 Å². The van der Waals surface area contributed by atoms with Gasteiger partial charge in [-0.1, -0.05) is 88.2 Å². The Kier molecular flexibility index (Phi) is 9.73. The molecule has 1 atom stereocenters. The van der Waals surface area contributed by atoms with Gasteiger partial charge in [0.05, 0.1) is 0 Å². The third-order valence-corrected chi connectivity index (χ3v) is 6.43. The van der Waals surface area contributed by atoms with Crippen LogP contribution in [0.1, 0.15) is 37.0 Å². The minimum absolute atomic E-state index is 0.0291. The molecule has 0 fully saturated rings. The molecule has 6 heteroatoms. The van der Waals surface area contributed by atoms with Crippen molar-refractivity contribution < 1.29 is 9.59 Å². The average Bonchev–Trinajstić information content (AvgIpc) is 2.82. The molecule has 178 valence electrons. The van der Waals surface area contributed by atoms with Crippen LogP contribution in [0.5, 0.6) is 0 Å². The predicted octanol–water partition coefficient (Wildman–Crippen LogP) is 6.20. The van der Waals surface area contributed by atoms with Crippen molar-refractivity contribution in [2.24, 2.45) is 0 Å². The van der Waals surface area contributed by atoms with Crippen LogP contribution in [0.3, 0.4) is 0 Å². The highest BCUT2D eigenvalue weighted by Crippen LogP contribution is 2.21. The molecule has 0 radical (unpaired) electrons. The van der Waals surface area contributed by atoms with Crippen LogP contribution in [0.2, 0.25) is 5.02 Å². The van der Waals surface area contributed by atoms with Crippen LogP contribution < -0.4 is 5.32 Å². The second kappa shape index (κ2) is 12.7. The highest BCUT2D eigenvalue weighted by molar-refractivity contribution is 9.10. The molecule has 0 aliphatic rings. The van der Waals surface area contributed by atoms with Gasteiger partial charge in [0.1, 0.15) is 6.04 Å². The van der Waals surface area contributed by atoms with Crippen molar-refractivity contribution in [2.75, 3.05) is 0 Å². The van der Waals surface area contributed by atoms with Gasteiger partial charge in [0.25, 0.3) is 0 Å². The molecule has 0 heterocycles. The number of carbonyl (C=O) groups is 2. The summed E-state index contributed by atoms with van der Waals surface area (Å²) in [6, 6.07) is 24.5. The van der Waals surface area contributed by atoms with Gasteiger partial charge in [0.15, 0.2) is 0 Å². The minimum atomic E-state index is -0.632. The topological polar surface area (TPSA) is 49.4 Å². The van der Waals surface area contributed by atoms with Gasteiger partial charge in [-0.15, -0.1) is 0 Å². The average molecular weight is 542 g/mol. The van der Waals surface area contributed by atoms with E-state index < -0.39 is 6.04 Å². The van der Waals surface area contributed by atoms with E-state index >= 15 is 0 Å². The molecule has 0 aliphatic carbocycles. The summed E-state index contributed by atoms with van der Waals surface area (Å²) in [5.74, 6) is -0.232. The summed E-state index contributed by atoms with van der Waals surface area (Å²) >= 11 is 9.78. The zero-order valence-electron chi connectivity index (χ0n) is 19.5. The van der Waals surface area contributed by atoms with Crippen LogP contribution in [0, 0.1) is 0 Å². The predicted molar refractivity (Wildman–Crippen MR) is 142 cm³/mol. The molecule has 2 amide bonds. The van der Waals surface area contributed by atoms with Gasteiger partial charge >= 0.3 is 0 Å². The maximum Gasteiger partial charge on any atom is 0.243 e. The molecule has 0 spiro atoms. The van der Waals surface area contributed by atoms with Crippen LogP contribution in [-0.4, -0.2) is 28.8 Å². The summed E-state index contributed by atoms with van der Waals surface area (Å²) in [5, 5.41) is 3.66. The highest BCUT2D eigenvalue weighted by Gasteiger charge is 2.30. The molecule has 0 saturated heterocycles. The molecule has 34 heavy (non-hydrogen) atoms. The first kappa shape index (κ1) is 26.0. The fourth-order valence-corrected chi connectivity index (χ4v) is 4.30. The largest absolute Gasteiger partial charge is 0.352 e. The zero-order chi connectivity index (χ0) is 24.5. The maximum atomic E-state index is 13.6. The van der Waals surface area contributed by atoms with Crippen molar-refractivity contribution >= 4 is 39.3 Å². The van der Waals surface area contributed by atoms with Crippen LogP contribution in [0.4, 0.5) is 0 Å². The third-order valence-electron chi connectivity index (χ3n) is 5.53. The quantitative estimate of drug-likeness (QED) is 0.332. The van der Waals surface area contributed by atoms with E-state index in [4.69, 9.17) is 11.6 Å². The van der Waals surface area contributed by atoms with E-state index in [9.17, 15) is 9.59 Å². The number of amides is 2. The number of nitrogens with zero attached hydrogens (tertiary/aromatic N) is 1. The smallest absolute Gasteiger partial charge is 0.243 e. The molecule has 3 rings (SSSR count). The van der Waals surface area contributed by atoms with Gasteiger partial charge in [0.2, 0.25) is 11.8 Å². The molecule has 4 nitrogen and oxygen atoms in total. The van der Waals surface area contributed by atoms with Gasteiger partial charge in [0, 0.05) is 34.9 Å². The lowest BCUT2D eigenvalue weighted by Crippen LogP contribution is -2.51. The van der Waals surface area contributed by atoms with Crippen molar-refractivity contribution in [3.8, 4) is 0 Å². The molecular weight excluding hydrogens is 512 g/mol. The zero-order valence-corrected chi connectivity index (χ0v) is 21.9. The molecule has 3 aromatic rings. The number of nitrogens with one attached hydrogen (secondary N) is 1. The van der Waals surface area contributed by atoms with Crippen LogP contribution in [0.15, 0.2) is 83.3 Å². The molecular formula is C28H30BrClN2O2. The van der Waals surface area contributed by atoms with E-state index in [1.807, 2.05) is 92.7 Å². The number of hydrogen-bond donors (Lipinski definition) is 1. The monoisotopic (exact) mass is 540 g/mol. The Morgan fingerprint density at radius 3 is 2.21 bits per heavy atom. The van der Waals surface area contributed by atoms with Crippen molar-refractivity contribution in [3.05, 3.63) is 105 Å². The number of halogens is 2. The number of aryl methyl sites for hydroxylation is 1. The van der Waals surface area contributed by atoms with Crippen molar-refractivity contribution in [1.82, 2.24) is 10.2 Å². The van der Waals surface area contributed by atoms with Crippen molar-refractivity contribution in [2.45, 2.75) is 51.7 Å². The Balaban J connectivity index is 1.91. The molecule has 1 N–H and O–H groups in total. The maximum absolute atomic E-state index is 13.6. The molecule has 0 bridgehead atoms.